The second-order valence-corrected chi connectivity index (χ2v) is 4.61. The monoisotopic (exact) mass is 242 g/mol. The fraction of sp³-hybridized carbons (Fsp3) is 0.818. The number of carbonyl (C=O) groups excluding carboxylic acids is 1. The van der Waals surface area contributed by atoms with Gasteiger partial charge in [-0.15, -0.1) is 0 Å². The van der Waals surface area contributed by atoms with E-state index in [2.05, 4.69) is 5.32 Å². The van der Waals surface area contributed by atoms with Gasteiger partial charge in [0.25, 0.3) is 0 Å². The Bertz CT molecular complexity index is 281. The predicted octanol–water partition coefficient (Wildman–Crippen LogP) is -0.462. The molecule has 6 nitrogen and oxygen atoms in total. The second kappa shape index (κ2) is 6.56. The van der Waals surface area contributed by atoms with E-state index >= 15 is 0 Å². The molecule has 0 aromatic rings. The lowest BCUT2D eigenvalue weighted by Gasteiger charge is -2.31. The van der Waals surface area contributed by atoms with E-state index in [0.717, 1.165) is 19.4 Å². The highest BCUT2D eigenvalue weighted by Crippen LogP contribution is 2.13. The number of nitrogens with zero attached hydrogens (tertiary/aromatic N) is 1. The molecule has 1 aliphatic heterocycles. The maximum Gasteiger partial charge on any atom is 0.307 e. The summed E-state index contributed by atoms with van der Waals surface area (Å²) in [5.41, 5.74) is 5.48. The van der Waals surface area contributed by atoms with Crippen molar-refractivity contribution in [2.45, 2.75) is 31.4 Å². The highest BCUT2D eigenvalue weighted by atomic mass is 16.5. The molecule has 0 spiro atoms. The van der Waals surface area contributed by atoms with Crippen LogP contribution in [0, 0.1) is 5.41 Å². The summed E-state index contributed by atoms with van der Waals surface area (Å²) in [4.78, 5) is 13.5. The summed E-state index contributed by atoms with van der Waals surface area (Å²) >= 11 is 0. The van der Waals surface area contributed by atoms with Gasteiger partial charge in [-0.2, -0.15) is 0 Å². The van der Waals surface area contributed by atoms with Crippen molar-refractivity contribution in [2.75, 3.05) is 27.2 Å². The van der Waals surface area contributed by atoms with E-state index in [4.69, 9.17) is 15.9 Å². The van der Waals surface area contributed by atoms with E-state index < -0.39 is 0 Å². The third-order valence-electron chi connectivity index (χ3n) is 2.78. The van der Waals surface area contributed by atoms with Gasteiger partial charge in [-0.25, -0.2) is 0 Å². The van der Waals surface area contributed by atoms with Crippen molar-refractivity contribution >= 4 is 11.8 Å². The third-order valence-corrected chi connectivity index (χ3v) is 2.78. The number of hydrogen-bond donors (Lipinski definition) is 3. The summed E-state index contributed by atoms with van der Waals surface area (Å²) in [6.45, 7) is 1.49. The Balaban J connectivity index is 2.42. The number of hydrogen-bond acceptors (Lipinski definition) is 5. The summed E-state index contributed by atoms with van der Waals surface area (Å²) in [6, 6.07) is -0.327. The Morgan fingerprint density at radius 1 is 1.59 bits per heavy atom. The molecule has 2 atom stereocenters. The van der Waals surface area contributed by atoms with E-state index in [1.165, 1.54) is 0 Å². The first-order valence-electron chi connectivity index (χ1n) is 5.92. The lowest BCUT2D eigenvalue weighted by atomic mass is 10.0. The molecular weight excluding hydrogens is 220 g/mol. The van der Waals surface area contributed by atoms with E-state index in [9.17, 15) is 4.79 Å². The molecule has 0 saturated carbocycles. The van der Waals surface area contributed by atoms with Crippen molar-refractivity contribution in [1.82, 2.24) is 10.2 Å². The summed E-state index contributed by atoms with van der Waals surface area (Å²) in [6.07, 6.45) is 1.78. The van der Waals surface area contributed by atoms with Gasteiger partial charge in [-0.05, 0) is 33.5 Å². The van der Waals surface area contributed by atoms with Crippen molar-refractivity contribution < 1.29 is 9.53 Å². The fourth-order valence-electron chi connectivity index (χ4n) is 1.84. The standard InChI is InChI=1S/C11H22N4O2/c1-15(2)7-5-9(16)17-8-4-3-6-14-10(8)11(12)13/h8,10,14H,3-7H2,1-2H3,(H3,12,13). The van der Waals surface area contributed by atoms with Crippen molar-refractivity contribution in [3.8, 4) is 0 Å². The van der Waals surface area contributed by atoms with Crippen LogP contribution in [0.15, 0.2) is 0 Å². The topological polar surface area (TPSA) is 91.4 Å². The van der Waals surface area contributed by atoms with Crippen LogP contribution < -0.4 is 11.1 Å². The zero-order valence-corrected chi connectivity index (χ0v) is 10.5. The smallest absolute Gasteiger partial charge is 0.307 e. The Morgan fingerprint density at radius 2 is 2.29 bits per heavy atom. The fourth-order valence-corrected chi connectivity index (χ4v) is 1.84. The van der Waals surface area contributed by atoms with Crippen LogP contribution in [0.2, 0.25) is 0 Å². The number of nitrogens with two attached hydrogens (primary N) is 1. The van der Waals surface area contributed by atoms with E-state index in [1.54, 1.807) is 0 Å². The van der Waals surface area contributed by atoms with Gasteiger partial charge in [0.15, 0.2) is 0 Å². The van der Waals surface area contributed by atoms with Gasteiger partial charge in [-0.1, -0.05) is 0 Å². The number of carbonyl (C=O) groups is 1. The number of ether oxygens (including phenoxy) is 1. The molecule has 4 N–H and O–H groups in total. The minimum absolute atomic E-state index is 0.0371. The number of esters is 1. The molecule has 98 valence electrons. The van der Waals surface area contributed by atoms with Gasteiger partial charge in [-0.3, -0.25) is 10.2 Å². The zero-order valence-electron chi connectivity index (χ0n) is 10.5. The first-order valence-corrected chi connectivity index (χ1v) is 5.92. The minimum atomic E-state index is -0.327. The van der Waals surface area contributed by atoms with Crippen LogP contribution in [-0.2, 0) is 9.53 Å². The van der Waals surface area contributed by atoms with E-state index in [0.29, 0.717) is 13.0 Å². The SMILES string of the molecule is CN(C)CCC(=O)OC1CCCNC1C(=N)N. The number of rotatable bonds is 5. The van der Waals surface area contributed by atoms with Crippen LogP contribution in [-0.4, -0.2) is 56.0 Å². The molecule has 2 unspecified atom stereocenters. The van der Waals surface area contributed by atoms with Crippen molar-refractivity contribution in [1.29, 1.82) is 5.41 Å². The van der Waals surface area contributed by atoms with Crippen molar-refractivity contribution in [3.05, 3.63) is 0 Å². The zero-order chi connectivity index (χ0) is 12.8. The predicted molar refractivity (Wildman–Crippen MR) is 66.0 cm³/mol. The normalized spacial score (nSPS) is 24.6. The first kappa shape index (κ1) is 13.9. The molecule has 6 heteroatoms. The highest BCUT2D eigenvalue weighted by molar-refractivity contribution is 5.84. The van der Waals surface area contributed by atoms with E-state index in [-0.39, 0.29) is 24.0 Å². The maximum absolute atomic E-state index is 11.6. The third kappa shape index (κ3) is 4.70. The molecule has 0 radical (unpaired) electrons. The summed E-state index contributed by atoms with van der Waals surface area (Å²) in [5, 5.41) is 10.6. The quantitative estimate of drug-likeness (QED) is 0.345. The van der Waals surface area contributed by atoms with Crippen molar-refractivity contribution in [2.24, 2.45) is 5.73 Å². The molecule has 0 aromatic heterocycles. The Kier molecular flexibility index (Phi) is 5.37. The molecule has 0 amide bonds. The lowest BCUT2D eigenvalue weighted by molar-refractivity contribution is -0.151. The Hall–Kier alpha value is -1.14. The molecule has 1 heterocycles. The summed E-state index contributed by atoms with van der Waals surface area (Å²) in [5.74, 6) is -0.186. The lowest BCUT2D eigenvalue weighted by Crippen LogP contribution is -2.54. The molecule has 0 bridgehead atoms. The van der Waals surface area contributed by atoms with Crippen LogP contribution in [0.1, 0.15) is 19.3 Å². The summed E-state index contributed by atoms with van der Waals surface area (Å²) in [7, 11) is 3.82. The van der Waals surface area contributed by atoms with Crippen LogP contribution in [0.3, 0.4) is 0 Å². The van der Waals surface area contributed by atoms with Gasteiger partial charge in [0.1, 0.15) is 18.0 Å². The van der Waals surface area contributed by atoms with Gasteiger partial charge in [0, 0.05) is 6.54 Å². The summed E-state index contributed by atoms with van der Waals surface area (Å²) < 4.78 is 5.37. The Morgan fingerprint density at radius 3 is 2.88 bits per heavy atom. The van der Waals surface area contributed by atoms with Crippen LogP contribution >= 0.6 is 0 Å². The number of nitrogens with one attached hydrogen (secondary N) is 2. The van der Waals surface area contributed by atoms with Gasteiger partial charge in [0.2, 0.25) is 0 Å². The molecule has 1 aliphatic rings. The maximum atomic E-state index is 11.6. The molecule has 17 heavy (non-hydrogen) atoms. The Labute approximate surface area is 102 Å². The average molecular weight is 242 g/mol. The minimum Gasteiger partial charge on any atom is -0.460 e. The molecule has 0 aromatic carbocycles. The molecule has 1 fully saturated rings. The highest BCUT2D eigenvalue weighted by Gasteiger charge is 2.29. The van der Waals surface area contributed by atoms with Crippen molar-refractivity contribution in [3.63, 3.8) is 0 Å². The average Bonchev–Trinajstić information content (AvgIpc) is 2.27. The van der Waals surface area contributed by atoms with E-state index in [1.807, 2.05) is 19.0 Å². The van der Waals surface area contributed by atoms with Crippen LogP contribution in [0.25, 0.3) is 0 Å². The number of amidine groups is 1. The largest absolute Gasteiger partial charge is 0.460 e. The second-order valence-electron chi connectivity index (χ2n) is 4.61. The van der Waals surface area contributed by atoms with Crippen LogP contribution in [0.5, 0.6) is 0 Å². The van der Waals surface area contributed by atoms with Crippen LogP contribution in [0.4, 0.5) is 0 Å². The number of piperidine rings is 1. The molecule has 1 rings (SSSR count). The van der Waals surface area contributed by atoms with Gasteiger partial charge < -0.3 is 20.7 Å². The molecular formula is C11H22N4O2. The first-order chi connectivity index (χ1) is 8.00. The molecule has 1 saturated heterocycles. The molecule has 0 aliphatic carbocycles. The van der Waals surface area contributed by atoms with Gasteiger partial charge in [0.05, 0.1) is 6.42 Å². The van der Waals surface area contributed by atoms with Gasteiger partial charge >= 0.3 is 5.97 Å².